The highest BCUT2D eigenvalue weighted by molar-refractivity contribution is 6.19. The first kappa shape index (κ1) is 15.3. The van der Waals surface area contributed by atoms with Crippen LogP contribution in [0.25, 0.3) is 0 Å². The van der Waals surface area contributed by atoms with Gasteiger partial charge < -0.3 is 14.2 Å². The Morgan fingerprint density at radius 2 is 1.81 bits per heavy atom. The first-order valence-electron chi connectivity index (χ1n) is 5.78. The molecule has 0 aromatic rings. The summed E-state index contributed by atoms with van der Waals surface area (Å²) in [5, 5.41) is 0. The van der Waals surface area contributed by atoms with E-state index in [1.54, 1.807) is 0 Å². The lowest BCUT2D eigenvalue weighted by atomic mass is 10.2. The second-order valence-corrected chi connectivity index (χ2v) is 3.75. The van der Waals surface area contributed by atoms with Gasteiger partial charge in [0.25, 0.3) is 0 Å². The summed E-state index contributed by atoms with van der Waals surface area (Å²) in [5.41, 5.74) is 2.62. The van der Waals surface area contributed by atoms with Crippen molar-refractivity contribution in [1.29, 1.82) is 0 Å². The molecule has 0 aromatic heterocycles. The van der Waals surface area contributed by atoms with Crippen molar-refractivity contribution in [3.05, 3.63) is 11.3 Å². The minimum atomic E-state index is -0.879. The lowest BCUT2D eigenvalue weighted by Crippen LogP contribution is -2.25. The molecule has 5 heteroatoms. The van der Waals surface area contributed by atoms with Crippen molar-refractivity contribution in [2.75, 3.05) is 13.2 Å². The van der Waals surface area contributed by atoms with Crippen molar-refractivity contribution in [3.8, 4) is 0 Å². The van der Waals surface area contributed by atoms with Crippen molar-refractivity contribution in [2.45, 2.75) is 40.1 Å². The maximum Gasteiger partial charge on any atom is 0.337 e. The predicted molar refractivity (Wildman–Crippen MR) is 66.1 cm³/mol. The van der Waals surface area contributed by atoms with Gasteiger partial charge in [-0.15, -0.1) is 0 Å². The molecule has 0 rings (SSSR count). The lowest BCUT2D eigenvalue weighted by Gasteiger charge is -2.17. The van der Waals surface area contributed by atoms with E-state index in [4.69, 9.17) is 14.2 Å². The maximum absolute atomic E-state index is 11.7. The van der Waals surface area contributed by atoms with Crippen LogP contribution in [-0.2, 0) is 19.0 Å². The van der Waals surface area contributed by atoms with E-state index in [1.165, 1.54) is 0 Å². The van der Waals surface area contributed by atoms with Crippen molar-refractivity contribution in [1.82, 2.24) is 0 Å². The third-order valence-corrected chi connectivity index (χ3v) is 2.64. The lowest BCUT2D eigenvalue weighted by molar-refractivity contribution is -0.270. The molecule has 0 fully saturated rings. The molecular weight excluding hydrogens is 224 g/mol. The SMILES string of the molecule is CCCC(=C[SiH3])C(=O)OC(OCC)OCC. The number of hydrogen-bond donors (Lipinski definition) is 0. The Bertz CT molecular complexity index is 222. The van der Waals surface area contributed by atoms with E-state index in [0.717, 1.165) is 28.7 Å². The Balaban J connectivity index is 4.25. The van der Waals surface area contributed by atoms with Crippen LogP contribution < -0.4 is 0 Å². The quantitative estimate of drug-likeness (QED) is 0.277. The summed E-state index contributed by atoms with van der Waals surface area (Å²) in [5.74, 6) is -0.330. The van der Waals surface area contributed by atoms with Gasteiger partial charge in [0.1, 0.15) is 0 Å². The van der Waals surface area contributed by atoms with Crippen LogP contribution >= 0.6 is 0 Å². The maximum atomic E-state index is 11.7. The minimum Gasteiger partial charge on any atom is -0.407 e. The smallest absolute Gasteiger partial charge is 0.337 e. The van der Waals surface area contributed by atoms with E-state index < -0.39 is 6.48 Å². The molecule has 0 unspecified atom stereocenters. The molecule has 0 heterocycles. The number of carbonyl (C=O) groups is 1. The molecule has 16 heavy (non-hydrogen) atoms. The average Bonchev–Trinajstić information content (AvgIpc) is 2.26. The largest absolute Gasteiger partial charge is 0.407 e. The fourth-order valence-electron chi connectivity index (χ4n) is 1.18. The summed E-state index contributed by atoms with van der Waals surface area (Å²) in [7, 11) is 0.845. The van der Waals surface area contributed by atoms with Crippen LogP contribution in [0.4, 0.5) is 0 Å². The van der Waals surface area contributed by atoms with Gasteiger partial charge >= 0.3 is 12.4 Å². The van der Waals surface area contributed by atoms with Gasteiger partial charge in [0, 0.05) is 15.8 Å². The number of esters is 1. The zero-order valence-corrected chi connectivity index (χ0v) is 12.6. The van der Waals surface area contributed by atoms with Gasteiger partial charge in [-0.2, -0.15) is 0 Å². The van der Waals surface area contributed by atoms with Crippen molar-refractivity contribution < 1.29 is 19.0 Å². The van der Waals surface area contributed by atoms with Gasteiger partial charge in [0.2, 0.25) is 0 Å². The molecule has 0 aliphatic carbocycles. The Morgan fingerprint density at radius 1 is 1.25 bits per heavy atom. The molecule has 0 aliphatic heterocycles. The van der Waals surface area contributed by atoms with Crippen molar-refractivity contribution >= 4 is 16.2 Å². The van der Waals surface area contributed by atoms with E-state index in [0.29, 0.717) is 13.2 Å². The number of hydrogen-bond acceptors (Lipinski definition) is 4. The molecule has 0 aliphatic rings. The van der Waals surface area contributed by atoms with Crippen LogP contribution in [0.2, 0.25) is 0 Å². The molecular formula is C11H22O4Si. The molecule has 0 bridgehead atoms. The highest BCUT2D eigenvalue weighted by Crippen LogP contribution is 2.09. The third-order valence-electron chi connectivity index (χ3n) is 1.94. The summed E-state index contributed by atoms with van der Waals surface area (Å²) >= 11 is 0. The van der Waals surface area contributed by atoms with Gasteiger partial charge in [0.15, 0.2) is 0 Å². The summed E-state index contributed by atoms with van der Waals surface area (Å²) in [4.78, 5) is 11.7. The standard InChI is InChI=1S/C11H22O4Si/c1-4-7-9(8-16)10(12)15-11(13-5-2)14-6-3/h8,11H,4-7H2,1-3,16H3. The summed E-state index contributed by atoms with van der Waals surface area (Å²) in [6, 6.07) is 0. The Kier molecular flexibility index (Phi) is 9.17. The van der Waals surface area contributed by atoms with E-state index >= 15 is 0 Å². The number of carbonyl (C=O) groups excluding carboxylic acids is 1. The molecule has 0 aromatic carbocycles. The van der Waals surface area contributed by atoms with Crippen molar-refractivity contribution in [3.63, 3.8) is 0 Å². The molecule has 0 atom stereocenters. The van der Waals surface area contributed by atoms with Crippen LogP contribution in [0.1, 0.15) is 33.6 Å². The molecule has 0 radical (unpaired) electrons. The minimum absolute atomic E-state index is 0.330. The topological polar surface area (TPSA) is 44.8 Å². The van der Waals surface area contributed by atoms with E-state index in [2.05, 4.69) is 0 Å². The summed E-state index contributed by atoms with van der Waals surface area (Å²) in [6.07, 6.45) is 1.67. The first-order chi connectivity index (χ1) is 7.69. The zero-order chi connectivity index (χ0) is 12.4. The molecule has 94 valence electrons. The first-order valence-corrected chi connectivity index (χ1v) is 6.94. The predicted octanol–water partition coefficient (Wildman–Crippen LogP) is 0.936. The highest BCUT2D eigenvalue weighted by atomic mass is 28.1. The Morgan fingerprint density at radius 3 is 2.19 bits per heavy atom. The molecule has 0 saturated heterocycles. The van der Waals surface area contributed by atoms with Crippen molar-refractivity contribution in [2.24, 2.45) is 0 Å². The number of rotatable bonds is 8. The second-order valence-electron chi connectivity index (χ2n) is 3.17. The van der Waals surface area contributed by atoms with Gasteiger partial charge in [-0.3, -0.25) is 0 Å². The van der Waals surface area contributed by atoms with Gasteiger partial charge in [-0.1, -0.05) is 19.0 Å². The fraction of sp³-hybridized carbons (Fsp3) is 0.727. The zero-order valence-electron chi connectivity index (χ0n) is 10.6. The van der Waals surface area contributed by atoms with Crippen LogP contribution in [0, 0.1) is 0 Å². The monoisotopic (exact) mass is 246 g/mol. The van der Waals surface area contributed by atoms with Gasteiger partial charge in [-0.25, -0.2) is 4.79 Å². The highest BCUT2D eigenvalue weighted by Gasteiger charge is 2.16. The molecule has 4 nitrogen and oxygen atoms in total. The molecule has 0 amide bonds. The van der Waals surface area contributed by atoms with Crippen LogP contribution in [0.5, 0.6) is 0 Å². The fourth-order valence-corrected chi connectivity index (χ4v) is 1.71. The second kappa shape index (κ2) is 9.56. The Labute approximate surface area is 100 Å². The normalized spacial score (nSPS) is 12.1. The Hall–Kier alpha value is -0.653. The van der Waals surface area contributed by atoms with E-state index in [1.807, 2.05) is 26.5 Å². The van der Waals surface area contributed by atoms with Crippen LogP contribution in [-0.4, -0.2) is 35.9 Å². The molecule has 0 N–H and O–H groups in total. The van der Waals surface area contributed by atoms with Gasteiger partial charge in [0.05, 0.1) is 13.2 Å². The van der Waals surface area contributed by atoms with Gasteiger partial charge in [-0.05, 0) is 20.3 Å². The van der Waals surface area contributed by atoms with Crippen LogP contribution in [0.15, 0.2) is 11.3 Å². The average molecular weight is 246 g/mol. The summed E-state index contributed by atoms with van der Waals surface area (Å²) < 4.78 is 15.4. The molecule has 0 saturated carbocycles. The van der Waals surface area contributed by atoms with E-state index in [9.17, 15) is 4.79 Å². The number of ether oxygens (including phenoxy) is 3. The summed E-state index contributed by atoms with van der Waals surface area (Å²) in [6.45, 7) is 5.71. The third kappa shape index (κ3) is 6.04. The van der Waals surface area contributed by atoms with E-state index in [-0.39, 0.29) is 5.97 Å². The molecule has 0 spiro atoms. The van der Waals surface area contributed by atoms with Crippen LogP contribution in [0.3, 0.4) is 0 Å².